The number of nitrogens with two attached hydrogens (primary N) is 1. The van der Waals surface area contributed by atoms with Crippen molar-refractivity contribution in [3.8, 4) is 5.75 Å². The number of hydrogen-bond acceptors (Lipinski definition) is 4. The Kier molecular flexibility index (Phi) is 2.96. The Morgan fingerprint density at radius 2 is 2.12 bits per heavy atom. The van der Waals surface area contributed by atoms with Crippen molar-refractivity contribution in [2.45, 2.75) is 12.1 Å². The monoisotopic (exact) mass is 222 g/mol. The summed E-state index contributed by atoms with van der Waals surface area (Å²) in [7, 11) is 1.61. The van der Waals surface area contributed by atoms with Crippen molar-refractivity contribution in [2.75, 3.05) is 13.7 Å². The Morgan fingerprint density at radius 1 is 1.44 bits per heavy atom. The largest absolute Gasteiger partial charge is 0.497 e. The van der Waals surface area contributed by atoms with Crippen molar-refractivity contribution in [3.05, 3.63) is 29.8 Å². The van der Waals surface area contributed by atoms with E-state index in [9.17, 15) is 4.79 Å². The minimum Gasteiger partial charge on any atom is -0.497 e. The summed E-state index contributed by atoms with van der Waals surface area (Å²) in [4.78, 5) is 11.1. The molecule has 1 amide bonds. The Labute approximate surface area is 93.5 Å². The lowest BCUT2D eigenvalue weighted by Crippen LogP contribution is -2.28. The van der Waals surface area contributed by atoms with Crippen molar-refractivity contribution >= 4 is 6.09 Å². The highest BCUT2D eigenvalue weighted by Gasteiger charge is 2.33. The number of hydrogen-bond donors (Lipinski definition) is 2. The molecule has 0 bridgehead atoms. The normalized spacial score (nSPS) is 23.8. The first kappa shape index (κ1) is 10.8. The zero-order valence-electron chi connectivity index (χ0n) is 8.97. The third-order valence-electron chi connectivity index (χ3n) is 2.61. The summed E-state index contributed by atoms with van der Waals surface area (Å²) in [5, 5.41) is 2.73. The molecule has 16 heavy (non-hydrogen) atoms. The lowest BCUT2D eigenvalue weighted by molar-refractivity contribution is 0.135. The van der Waals surface area contributed by atoms with Crippen LogP contribution in [0.5, 0.6) is 5.75 Å². The number of carbonyl (C=O) groups excluding carboxylic acids is 1. The molecule has 1 aromatic carbocycles. The number of carbonyl (C=O) groups is 1. The molecule has 86 valence electrons. The van der Waals surface area contributed by atoms with Crippen LogP contribution in [0.15, 0.2) is 24.3 Å². The maximum absolute atomic E-state index is 11.1. The van der Waals surface area contributed by atoms with Gasteiger partial charge in [0.25, 0.3) is 0 Å². The molecule has 5 nitrogen and oxygen atoms in total. The van der Waals surface area contributed by atoms with Gasteiger partial charge in [-0.25, -0.2) is 4.79 Å². The van der Waals surface area contributed by atoms with Crippen LogP contribution in [0.3, 0.4) is 0 Å². The molecule has 0 aliphatic carbocycles. The van der Waals surface area contributed by atoms with Crippen molar-refractivity contribution in [1.29, 1.82) is 0 Å². The summed E-state index contributed by atoms with van der Waals surface area (Å²) in [5.74, 6) is 0.776. The van der Waals surface area contributed by atoms with Crippen LogP contribution in [0.4, 0.5) is 4.79 Å². The van der Waals surface area contributed by atoms with Crippen molar-refractivity contribution < 1.29 is 14.3 Å². The average Bonchev–Trinajstić information content (AvgIpc) is 2.70. The zero-order chi connectivity index (χ0) is 11.5. The number of amides is 1. The topological polar surface area (TPSA) is 73.6 Å². The van der Waals surface area contributed by atoms with Crippen molar-refractivity contribution in [3.63, 3.8) is 0 Å². The molecule has 5 heteroatoms. The molecule has 0 spiro atoms. The van der Waals surface area contributed by atoms with Crippen LogP contribution in [0.25, 0.3) is 0 Å². The van der Waals surface area contributed by atoms with Gasteiger partial charge in [-0.15, -0.1) is 0 Å². The summed E-state index contributed by atoms with van der Waals surface area (Å²) >= 11 is 0. The van der Waals surface area contributed by atoms with Crippen molar-refractivity contribution in [2.24, 2.45) is 5.73 Å². The number of nitrogens with one attached hydrogen (secondary N) is 1. The van der Waals surface area contributed by atoms with Crippen LogP contribution in [0.2, 0.25) is 0 Å². The van der Waals surface area contributed by atoms with E-state index in [0.717, 1.165) is 11.3 Å². The van der Waals surface area contributed by atoms with Gasteiger partial charge in [0, 0.05) is 6.54 Å². The number of benzene rings is 1. The fourth-order valence-electron chi connectivity index (χ4n) is 1.75. The molecular formula is C11H14N2O3. The molecule has 1 saturated heterocycles. The second kappa shape index (κ2) is 4.40. The van der Waals surface area contributed by atoms with Gasteiger partial charge in [-0.05, 0) is 17.7 Å². The molecule has 1 aliphatic heterocycles. The summed E-state index contributed by atoms with van der Waals surface area (Å²) in [6.07, 6.45) is -0.725. The first-order valence-electron chi connectivity index (χ1n) is 5.05. The van der Waals surface area contributed by atoms with E-state index in [1.165, 1.54) is 0 Å². The highest BCUT2D eigenvalue weighted by Crippen LogP contribution is 2.25. The van der Waals surface area contributed by atoms with Crippen LogP contribution >= 0.6 is 0 Å². The highest BCUT2D eigenvalue weighted by atomic mass is 16.6. The van der Waals surface area contributed by atoms with Gasteiger partial charge in [0.2, 0.25) is 0 Å². The number of methoxy groups -OCH3 is 1. The van der Waals surface area contributed by atoms with E-state index < -0.39 is 6.09 Å². The van der Waals surface area contributed by atoms with Crippen molar-refractivity contribution in [1.82, 2.24) is 5.32 Å². The summed E-state index contributed by atoms with van der Waals surface area (Å²) in [6.45, 7) is 0.301. The van der Waals surface area contributed by atoms with Crippen LogP contribution in [-0.4, -0.2) is 25.9 Å². The summed E-state index contributed by atoms with van der Waals surface area (Å²) in [5.41, 5.74) is 6.50. The fraction of sp³-hybridized carbons (Fsp3) is 0.364. The molecule has 0 unspecified atom stereocenters. The van der Waals surface area contributed by atoms with Crippen LogP contribution in [0.1, 0.15) is 11.6 Å². The van der Waals surface area contributed by atoms with E-state index in [1.54, 1.807) is 7.11 Å². The molecule has 2 atom stereocenters. The Morgan fingerprint density at radius 3 is 2.69 bits per heavy atom. The SMILES string of the molecule is COc1ccc([C@@H]2NC(=O)O[C@H]2CN)cc1. The first-order valence-corrected chi connectivity index (χ1v) is 5.05. The van der Waals surface area contributed by atoms with Gasteiger partial charge in [-0.2, -0.15) is 0 Å². The number of rotatable bonds is 3. The van der Waals surface area contributed by atoms with Crippen LogP contribution < -0.4 is 15.8 Å². The maximum Gasteiger partial charge on any atom is 0.408 e. The van der Waals surface area contributed by atoms with Crippen LogP contribution in [0, 0.1) is 0 Å². The van der Waals surface area contributed by atoms with E-state index >= 15 is 0 Å². The van der Waals surface area contributed by atoms with E-state index in [0.29, 0.717) is 6.54 Å². The van der Waals surface area contributed by atoms with Crippen LogP contribution in [-0.2, 0) is 4.74 Å². The number of ether oxygens (including phenoxy) is 2. The molecular weight excluding hydrogens is 208 g/mol. The van der Waals surface area contributed by atoms with E-state index in [-0.39, 0.29) is 12.1 Å². The lowest BCUT2D eigenvalue weighted by atomic mass is 10.0. The number of alkyl carbamates (subject to hydrolysis) is 1. The molecule has 0 saturated carbocycles. The van der Waals surface area contributed by atoms with Gasteiger partial charge < -0.3 is 20.5 Å². The highest BCUT2D eigenvalue weighted by molar-refractivity contribution is 5.70. The molecule has 1 heterocycles. The van der Waals surface area contributed by atoms with Gasteiger partial charge >= 0.3 is 6.09 Å². The third-order valence-corrected chi connectivity index (χ3v) is 2.61. The van der Waals surface area contributed by atoms with Gasteiger partial charge in [0.15, 0.2) is 0 Å². The second-order valence-electron chi connectivity index (χ2n) is 3.57. The fourth-order valence-corrected chi connectivity index (χ4v) is 1.75. The maximum atomic E-state index is 11.1. The summed E-state index contributed by atoms with van der Waals surface area (Å²) < 4.78 is 10.1. The molecule has 2 rings (SSSR count). The molecule has 3 N–H and O–H groups in total. The molecule has 1 aromatic rings. The van der Waals surface area contributed by atoms with E-state index in [4.69, 9.17) is 15.2 Å². The average molecular weight is 222 g/mol. The minimum atomic E-state index is -0.420. The van der Waals surface area contributed by atoms with Gasteiger partial charge in [0.05, 0.1) is 13.2 Å². The minimum absolute atomic E-state index is 0.177. The number of cyclic esters (lactones) is 1. The summed E-state index contributed by atoms with van der Waals surface area (Å²) in [6, 6.07) is 7.28. The molecule has 1 fully saturated rings. The Hall–Kier alpha value is -1.75. The first-order chi connectivity index (χ1) is 7.74. The molecule has 0 aromatic heterocycles. The zero-order valence-corrected chi connectivity index (χ0v) is 8.97. The smallest absolute Gasteiger partial charge is 0.408 e. The third kappa shape index (κ3) is 1.94. The van der Waals surface area contributed by atoms with Gasteiger partial charge in [-0.1, -0.05) is 12.1 Å². The molecule has 1 aliphatic rings. The Bertz CT molecular complexity index is 377. The van der Waals surface area contributed by atoms with E-state index in [1.807, 2.05) is 24.3 Å². The Balaban J connectivity index is 2.19. The van der Waals surface area contributed by atoms with Gasteiger partial charge in [-0.3, -0.25) is 0 Å². The van der Waals surface area contributed by atoms with Gasteiger partial charge in [0.1, 0.15) is 11.9 Å². The molecule has 0 radical (unpaired) electrons. The standard InChI is InChI=1S/C11H14N2O3/c1-15-8-4-2-7(3-5-8)10-9(6-12)16-11(14)13-10/h2-5,9-10H,6,12H2,1H3,(H,13,14)/t9-,10-/m0/s1. The second-order valence-corrected chi connectivity index (χ2v) is 3.57. The quantitative estimate of drug-likeness (QED) is 0.793. The predicted octanol–water partition coefficient (Wildman–Crippen LogP) is 0.803. The lowest BCUT2D eigenvalue weighted by Gasteiger charge is -2.15. The predicted molar refractivity (Wildman–Crippen MR) is 58.2 cm³/mol. The van der Waals surface area contributed by atoms with E-state index in [2.05, 4.69) is 5.32 Å².